The van der Waals surface area contributed by atoms with Gasteiger partial charge in [-0.15, -0.1) is 0 Å². The van der Waals surface area contributed by atoms with Crippen LogP contribution in [0.1, 0.15) is 0 Å². The van der Waals surface area contributed by atoms with Crippen LogP contribution in [0, 0.1) is 15.9 Å². The third kappa shape index (κ3) is 1.19. The van der Waals surface area contributed by atoms with E-state index in [1.807, 2.05) is 0 Å². The fraction of sp³-hybridized carbons (Fsp3) is 0. The zero-order chi connectivity index (χ0) is 10.1. The van der Waals surface area contributed by atoms with Crippen LogP contribution >= 0.6 is 0 Å². The van der Waals surface area contributed by atoms with Gasteiger partial charge in [-0.1, -0.05) is 6.07 Å². The Morgan fingerprint density at radius 2 is 2.14 bits per heavy atom. The third-order valence-electron chi connectivity index (χ3n) is 1.89. The van der Waals surface area contributed by atoms with Crippen molar-refractivity contribution in [2.24, 2.45) is 0 Å². The molecular formula is C9H5FN2O2. The van der Waals surface area contributed by atoms with Crippen LogP contribution in [0.15, 0.2) is 30.5 Å². The zero-order valence-corrected chi connectivity index (χ0v) is 6.98. The van der Waals surface area contributed by atoms with Crippen LogP contribution < -0.4 is 0 Å². The number of fused-ring (bicyclic) bond motifs is 1. The lowest BCUT2D eigenvalue weighted by molar-refractivity contribution is -0.383. The van der Waals surface area contributed by atoms with Crippen LogP contribution in [0.3, 0.4) is 0 Å². The molecule has 0 saturated heterocycles. The van der Waals surface area contributed by atoms with Gasteiger partial charge in [-0.25, -0.2) is 4.39 Å². The van der Waals surface area contributed by atoms with Crippen molar-refractivity contribution in [1.29, 1.82) is 0 Å². The summed E-state index contributed by atoms with van der Waals surface area (Å²) in [4.78, 5) is 13.8. The number of benzene rings is 1. The molecule has 5 heteroatoms. The number of pyridine rings is 1. The van der Waals surface area contributed by atoms with Crippen LogP contribution in [-0.4, -0.2) is 9.91 Å². The maximum absolute atomic E-state index is 13.3. The number of hydrogen-bond donors (Lipinski definition) is 0. The van der Waals surface area contributed by atoms with Crippen LogP contribution in [0.25, 0.3) is 10.9 Å². The highest BCUT2D eigenvalue weighted by Crippen LogP contribution is 2.25. The number of nitro groups is 1. The third-order valence-corrected chi connectivity index (χ3v) is 1.89. The molecule has 0 aliphatic rings. The number of aromatic nitrogens is 1. The summed E-state index contributed by atoms with van der Waals surface area (Å²) in [5.41, 5.74) is 0.0345. The summed E-state index contributed by atoms with van der Waals surface area (Å²) in [5.74, 6) is -0.623. The Hall–Kier alpha value is -2.04. The average Bonchev–Trinajstić information content (AvgIpc) is 2.17. The molecule has 1 heterocycles. The summed E-state index contributed by atoms with van der Waals surface area (Å²) in [6.45, 7) is 0. The fourth-order valence-corrected chi connectivity index (χ4v) is 1.30. The van der Waals surface area contributed by atoms with Gasteiger partial charge in [0.15, 0.2) is 0 Å². The summed E-state index contributed by atoms with van der Waals surface area (Å²) in [6, 6.07) is 5.36. The highest BCUT2D eigenvalue weighted by molar-refractivity contribution is 5.87. The minimum atomic E-state index is -0.623. The van der Waals surface area contributed by atoms with Crippen molar-refractivity contribution in [3.8, 4) is 0 Å². The van der Waals surface area contributed by atoms with E-state index in [1.165, 1.54) is 30.5 Å². The van der Waals surface area contributed by atoms with Crippen molar-refractivity contribution >= 4 is 16.6 Å². The van der Waals surface area contributed by atoms with E-state index in [4.69, 9.17) is 0 Å². The molecule has 0 N–H and O–H groups in total. The minimum Gasteiger partial charge on any atom is -0.258 e. The summed E-state index contributed by atoms with van der Waals surface area (Å²) in [6.07, 6.45) is 1.29. The maximum Gasteiger partial charge on any atom is 0.283 e. The largest absolute Gasteiger partial charge is 0.283 e. The standard InChI is InChI=1S/C9H5FN2O2/c10-6-2-1-3-7-9(6)8(12(13)14)4-5-11-7/h1-5H. The Morgan fingerprint density at radius 3 is 2.86 bits per heavy atom. The van der Waals surface area contributed by atoms with Crippen molar-refractivity contribution in [3.63, 3.8) is 0 Å². The predicted molar refractivity (Wildman–Crippen MR) is 48.4 cm³/mol. The summed E-state index contributed by atoms with van der Waals surface area (Å²) < 4.78 is 13.3. The second kappa shape index (κ2) is 3.02. The van der Waals surface area contributed by atoms with E-state index in [0.29, 0.717) is 5.52 Å². The van der Waals surface area contributed by atoms with E-state index in [9.17, 15) is 14.5 Å². The normalized spacial score (nSPS) is 10.4. The second-order valence-corrected chi connectivity index (χ2v) is 2.72. The summed E-state index contributed by atoms with van der Waals surface area (Å²) >= 11 is 0. The first-order valence-electron chi connectivity index (χ1n) is 3.88. The van der Waals surface area contributed by atoms with Gasteiger partial charge in [0.25, 0.3) is 5.69 Å². The first kappa shape index (κ1) is 8.55. The molecular weight excluding hydrogens is 187 g/mol. The van der Waals surface area contributed by atoms with Crippen LogP contribution in [0.5, 0.6) is 0 Å². The van der Waals surface area contributed by atoms with Crippen molar-refractivity contribution in [2.45, 2.75) is 0 Å². The molecule has 0 unspecified atom stereocenters. The number of hydrogen-bond acceptors (Lipinski definition) is 3. The van der Waals surface area contributed by atoms with Gasteiger partial charge in [-0.3, -0.25) is 15.1 Å². The van der Waals surface area contributed by atoms with Crippen LogP contribution in [-0.2, 0) is 0 Å². The van der Waals surface area contributed by atoms with Gasteiger partial charge in [-0.05, 0) is 12.1 Å². The molecule has 14 heavy (non-hydrogen) atoms. The topological polar surface area (TPSA) is 56.0 Å². The van der Waals surface area contributed by atoms with Crippen molar-refractivity contribution < 1.29 is 9.31 Å². The zero-order valence-electron chi connectivity index (χ0n) is 6.98. The van der Waals surface area contributed by atoms with Crippen molar-refractivity contribution in [3.05, 3.63) is 46.4 Å². The molecule has 2 rings (SSSR count). The molecule has 0 atom stereocenters. The van der Waals surface area contributed by atoms with Gasteiger partial charge in [0, 0.05) is 12.3 Å². The molecule has 1 aromatic heterocycles. The summed E-state index contributed by atoms with van der Waals surface area (Å²) in [7, 11) is 0. The quantitative estimate of drug-likeness (QED) is 0.514. The Bertz CT molecular complexity index is 508. The molecule has 0 saturated carbocycles. The van der Waals surface area contributed by atoms with E-state index in [-0.39, 0.29) is 11.1 Å². The highest BCUT2D eigenvalue weighted by atomic mass is 19.1. The Morgan fingerprint density at radius 1 is 1.36 bits per heavy atom. The fourth-order valence-electron chi connectivity index (χ4n) is 1.30. The molecule has 2 aromatic rings. The van der Waals surface area contributed by atoms with E-state index >= 15 is 0 Å². The average molecular weight is 192 g/mol. The van der Waals surface area contributed by atoms with Crippen molar-refractivity contribution in [2.75, 3.05) is 0 Å². The molecule has 0 aliphatic heterocycles. The Balaban J connectivity index is 2.91. The Kier molecular flexibility index (Phi) is 1.85. The number of nitrogens with zero attached hydrogens (tertiary/aromatic N) is 2. The van der Waals surface area contributed by atoms with Gasteiger partial charge in [-0.2, -0.15) is 0 Å². The molecule has 1 aromatic carbocycles. The summed E-state index contributed by atoms with van der Waals surface area (Å²) in [5, 5.41) is 10.5. The second-order valence-electron chi connectivity index (χ2n) is 2.72. The van der Waals surface area contributed by atoms with Gasteiger partial charge in [0.2, 0.25) is 0 Å². The van der Waals surface area contributed by atoms with E-state index < -0.39 is 10.7 Å². The highest BCUT2D eigenvalue weighted by Gasteiger charge is 2.15. The van der Waals surface area contributed by atoms with Gasteiger partial charge >= 0.3 is 0 Å². The van der Waals surface area contributed by atoms with E-state index in [2.05, 4.69) is 4.98 Å². The lowest BCUT2D eigenvalue weighted by Crippen LogP contribution is -1.92. The molecule has 0 radical (unpaired) electrons. The lowest BCUT2D eigenvalue weighted by Gasteiger charge is -1.98. The van der Waals surface area contributed by atoms with Gasteiger partial charge < -0.3 is 0 Å². The van der Waals surface area contributed by atoms with Gasteiger partial charge in [0.05, 0.1) is 10.4 Å². The van der Waals surface area contributed by atoms with Crippen LogP contribution in [0.2, 0.25) is 0 Å². The molecule has 70 valence electrons. The molecule has 4 nitrogen and oxygen atoms in total. The van der Waals surface area contributed by atoms with E-state index in [1.54, 1.807) is 0 Å². The van der Waals surface area contributed by atoms with Crippen LogP contribution in [0.4, 0.5) is 10.1 Å². The smallest absolute Gasteiger partial charge is 0.258 e. The van der Waals surface area contributed by atoms with Gasteiger partial charge in [0.1, 0.15) is 11.2 Å². The monoisotopic (exact) mass is 192 g/mol. The number of halogens is 1. The molecule has 0 bridgehead atoms. The van der Waals surface area contributed by atoms with E-state index in [0.717, 1.165) is 0 Å². The molecule has 0 spiro atoms. The SMILES string of the molecule is O=[N+]([O-])c1ccnc2cccc(F)c12. The first-order chi connectivity index (χ1) is 6.70. The maximum atomic E-state index is 13.3. The molecule has 0 aliphatic carbocycles. The Labute approximate surface area is 78.2 Å². The molecule has 0 amide bonds. The molecule has 0 fully saturated rings. The predicted octanol–water partition coefficient (Wildman–Crippen LogP) is 2.28. The number of rotatable bonds is 1. The lowest BCUT2D eigenvalue weighted by atomic mass is 10.2. The first-order valence-corrected chi connectivity index (χ1v) is 3.88. The van der Waals surface area contributed by atoms with Crippen molar-refractivity contribution in [1.82, 2.24) is 4.98 Å². The minimum absolute atomic E-state index is 0.0417.